The molecular weight excluding hydrogens is 320 g/mol. The zero-order valence-corrected chi connectivity index (χ0v) is 16.3. The highest BCUT2D eigenvalue weighted by Crippen LogP contribution is 2.23. The van der Waals surface area contributed by atoms with Crippen LogP contribution in [0.5, 0.6) is 0 Å². The van der Waals surface area contributed by atoms with E-state index in [1.54, 1.807) is 0 Å². The van der Waals surface area contributed by atoms with Crippen LogP contribution in [-0.2, 0) is 17.6 Å². The number of carboxylic acid groups (broad SMARTS) is 1. The number of benzene rings is 2. The lowest BCUT2D eigenvalue weighted by molar-refractivity contribution is -0.136. The lowest BCUT2D eigenvalue weighted by atomic mass is 9.97. The van der Waals surface area contributed by atoms with Gasteiger partial charge in [-0.05, 0) is 34.7 Å². The van der Waals surface area contributed by atoms with E-state index in [4.69, 9.17) is 5.11 Å². The van der Waals surface area contributed by atoms with E-state index in [1.165, 1.54) is 80.5 Å². The molecule has 0 spiro atoms. The van der Waals surface area contributed by atoms with Crippen LogP contribution in [0.3, 0.4) is 0 Å². The summed E-state index contributed by atoms with van der Waals surface area (Å²) in [5, 5.41) is 11.4. The lowest BCUT2D eigenvalue weighted by Crippen LogP contribution is -2.00. The summed E-state index contributed by atoms with van der Waals surface area (Å²) in [4.78, 5) is 11.0. The highest BCUT2D eigenvalue weighted by atomic mass is 16.4. The second-order valence-electron chi connectivity index (χ2n) is 7.48. The molecule has 0 aliphatic carbocycles. The number of unbranched alkanes of at least 4 members (excludes halogenated alkanes) is 9. The number of rotatable bonds is 13. The zero-order chi connectivity index (χ0) is 18.6. The van der Waals surface area contributed by atoms with Crippen molar-refractivity contribution < 1.29 is 9.90 Å². The number of hydrogen-bond acceptors (Lipinski definition) is 1. The molecule has 2 heteroatoms. The predicted octanol–water partition coefficient (Wildman–Crippen LogP) is 6.93. The minimum absolute atomic E-state index is 0.0997. The van der Waals surface area contributed by atoms with Gasteiger partial charge in [0.25, 0.3) is 0 Å². The topological polar surface area (TPSA) is 37.3 Å². The van der Waals surface area contributed by atoms with Crippen LogP contribution in [-0.4, -0.2) is 11.1 Å². The van der Waals surface area contributed by atoms with Crippen molar-refractivity contribution >= 4 is 16.7 Å². The SMILES string of the molecule is CCCCCCCCCCCCc1cccc2ccc(CC(=O)O)cc12. The van der Waals surface area contributed by atoms with Gasteiger partial charge in [0.2, 0.25) is 0 Å². The summed E-state index contributed by atoms with van der Waals surface area (Å²) >= 11 is 0. The van der Waals surface area contributed by atoms with Crippen molar-refractivity contribution in [2.75, 3.05) is 0 Å². The zero-order valence-electron chi connectivity index (χ0n) is 16.3. The van der Waals surface area contributed by atoms with Crippen molar-refractivity contribution in [3.63, 3.8) is 0 Å². The van der Waals surface area contributed by atoms with Gasteiger partial charge in [0.1, 0.15) is 0 Å². The van der Waals surface area contributed by atoms with Crippen LogP contribution in [0, 0.1) is 0 Å². The summed E-state index contributed by atoms with van der Waals surface area (Å²) in [6.07, 6.45) is 14.7. The number of carbonyl (C=O) groups is 1. The average Bonchev–Trinajstić information content (AvgIpc) is 2.63. The molecule has 0 amide bonds. The maximum atomic E-state index is 11.0. The normalized spacial score (nSPS) is 11.1. The molecule has 0 aromatic heterocycles. The molecule has 142 valence electrons. The number of fused-ring (bicyclic) bond motifs is 1. The summed E-state index contributed by atoms with van der Waals surface area (Å²) < 4.78 is 0. The number of aliphatic carboxylic acids is 1. The molecule has 0 unspecified atom stereocenters. The molecule has 1 N–H and O–H groups in total. The van der Waals surface area contributed by atoms with Gasteiger partial charge >= 0.3 is 5.97 Å². The van der Waals surface area contributed by atoms with E-state index in [1.807, 2.05) is 6.07 Å². The first-order valence-electron chi connectivity index (χ1n) is 10.4. The Morgan fingerprint density at radius 3 is 2.15 bits per heavy atom. The summed E-state index contributed by atoms with van der Waals surface area (Å²) in [5.74, 6) is -0.767. The van der Waals surface area contributed by atoms with Gasteiger partial charge in [0.15, 0.2) is 0 Å². The molecular formula is C24H34O2. The van der Waals surface area contributed by atoms with Gasteiger partial charge < -0.3 is 5.11 Å². The van der Waals surface area contributed by atoms with E-state index < -0.39 is 5.97 Å². The molecule has 2 aromatic rings. The van der Waals surface area contributed by atoms with E-state index >= 15 is 0 Å². The summed E-state index contributed by atoms with van der Waals surface area (Å²) in [5.41, 5.74) is 2.25. The van der Waals surface area contributed by atoms with Crippen LogP contribution in [0.4, 0.5) is 0 Å². The quantitative estimate of drug-likeness (QED) is 0.396. The fourth-order valence-electron chi connectivity index (χ4n) is 3.69. The van der Waals surface area contributed by atoms with E-state index in [2.05, 4.69) is 37.3 Å². The molecule has 2 rings (SSSR count). The highest BCUT2D eigenvalue weighted by Gasteiger charge is 2.05. The van der Waals surface area contributed by atoms with Gasteiger partial charge in [-0.25, -0.2) is 0 Å². The first-order chi connectivity index (χ1) is 12.7. The third kappa shape index (κ3) is 7.19. The van der Waals surface area contributed by atoms with Crippen molar-refractivity contribution in [2.24, 2.45) is 0 Å². The Labute approximate surface area is 158 Å². The Balaban J connectivity index is 1.75. The van der Waals surface area contributed by atoms with Gasteiger partial charge in [-0.1, -0.05) is 101 Å². The largest absolute Gasteiger partial charge is 0.481 e. The van der Waals surface area contributed by atoms with E-state index in [-0.39, 0.29) is 6.42 Å². The molecule has 2 aromatic carbocycles. The number of hydrogen-bond donors (Lipinski definition) is 1. The summed E-state index contributed by atoms with van der Waals surface area (Å²) in [6, 6.07) is 12.5. The van der Waals surface area contributed by atoms with Crippen molar-refractivity contribution in [3.05, 3.63) is 47.5 Å². The van der Waals surface area contributed by atoms with Crippen molar-refractivity contribution in [1.29, 1.82) is 0 Å². The molecule has 0 heterocycles. The van der Waals surface area contributed by atoms with Gasteiger partial charge in [-0.15, -0.1) is 0 Å². The second-order valence-corrected chi connectivity index (χ2v) is 7.48. The van der Waals surface area contributed by atoms with E-state index in [9.17, 15) is 4.79 Å². The van der Waals surface area contributed by atoms with Crippen molar-refractivity contribution in [3.8, 4) is 0 Å². The van der Waals surface area contributed by atoms with E-state index in [0.29, 0.717) is 0 Å². The van der Waals surface area contributed by atoms with Gasteiger partial charge in [-0.2, -0.15) is 0 Å². The van der Waals surface area contributed by atoms with Crippen LogP contribution in [0.15, 0.2) is 36.4 Å². The van der Waals surface area contributed by atoms with Crippen LogP contribution >= 0.6 is 0 Å². The second kappa shape index (κ2) is 11.7. The molecule has 26 heavy (non-hydrogen) atoms. The minimum Gasteiger partial charge on any atom is -0.481 e. The van der Waals surface area contributed by atoms with Crippen LogP contribution in [0.2, 0.25) is 0 Å². The summed E-state index contributed by atoms with van der Waals surface area (Å²) in [6.45, 7) is 2.27. The van der Waals surface area contributed by atoms with Crippen LogP contribution in [0.25, 0.3) is 10.8 Å². The molecule has 2 nitrogen and oxygen atoms in total. The monoisotopic (exact) mass is 354 g/mol. The Kier molecular flexibility index (Phi) is 9.23. The summed E-state index contributed by atoms with van der Waals surface area (Å²) in [7, 11) is 0. The first kappa shape index (κ1) is 20.5. The molecule has 0 fully saturated rings. The maximum absolute atomic E-state index is 11.0. The molecule has 0 aliphatic heterocycles. The van der Waals surface area contributed by atoms with E-state index in [0.717, 1.165) is 12.0 Å². The fourth-order valence-corrected chi connectivity index (χ4v) is 3.69. The smallest absolute Gasteiger partial charge is 0.307 e. The molecule has 0 aliphatic rings. The van der Waals surface area contributed by atoms with Crippen LogP contribution < -0.4 is 0 Å². The average molecular weight is 355 g/mol. The third-order valence-corrected chi connectivity index (χ3v) is 5.19. The molecule has 0 bridgehead atoms. The Hall–Kier alpha value is -1.83. The highest BCUT2D eigenvalue weighted by molar-refractivity contribution is 5.87. The number of carboxylic acids is 1. The Morgan fingerprint density at radius 1 is 0.846 bits per heavy atom. The number of aryl methyl sites for hydroxylation is 1. The van der Waals surface area contributed by atoms with Gasteiger partial charge in [0.05, 0.1) is 6.42 Å². The molecule has 0 radical (unpaired) electrons. The Bertz CT molecular complexity index is 675. The Morgan fingerprint density at radius 2 is 1.50 bits per heavy atom. The minimum atomic E-state index is -0.767. The lowest BCUT2D eigenvalue weighted by Gasteiger charge is -2.08. The molecule has 0 saturated carbocycles. The molecule has 0 atom stereocenters. The van der Waals surface area contributed by atoms with Crippen molar-refractivity contribution in [2.45, 2.75) is 84.0 Å². The van der Waals surface area contributed by atoms with Gasteiger partial charge in [0, 0.05) is 0 Å². The fraction of sp³-hybridized carbons (Fsp3) is 0.542. The van der Waals surface area contributed by atoms with Gasteiger partial charge in [-0.3, -0.25) is 4.79 Å². The third-order valence-electron chi connectivity index (χ3n) is 5.19. The van der Waals surface area contributed by atoms with Crippen LogP contribution in [0.1, 0.15) is 82.3 Å². The molecule has 0 saturated heterocycles. The first-order valence-corrected chi connectivity index (χ1v) is 10.4. The predicted molar refractivity (Wildman–Crippen MR) is 111 cm³/mol. The van der Waals surface area contributed by atoms with Crippen molar-refractivity contribution in [1.82, 2.24) is 0 Å². The standard InChI is InChI=1S/C24H34O2/c1-2-3-4-5-6-7-8-9-10-11-13-21-14-12-15-22-17-16-20(18-23(21)22)19-24(25)26/h12,14-18H,2-11,13,19H2,1H3,(H,25,26). The maximum Gasteiger partial charge on any atom is 0.307 e.